The molecule has 0 amide bonds. The van der Waals surface area contributed by atoms with Gasteiger partial charge >= 0.3 is 0 Å². The number of carbonyl (C=O) groups is 1. The zero-order valence-corrected chi connectivity index (χ0v) is 8.89. The van der Waals surface area contributed by atoms with Crippen molar-refractivity contribution in [3.63, 3.8) is 0 Å². The molecule has 70 valence electrons. The van der Waals surface area contributed by atoms with Gasteiger partial charge in [-0.15, -0.1) is 0 Å². The molecule has 0 unspecified atom stereocenters. The van der Waals surface area contributed by atoms with E-state index < -0.39 is 0 Å². The molecule has 0 N–H and O–H groups in total. The molecule has 0 fully saturated rings. The molecule has 2 nitrogen and oxygen atoms in total. The van der Waals surface area contributed by atoms with Crippen molar-refractivity contribution in [2.24, 2.45) is 0 Å². The maximum absolute atomic E-state index is 10.8. The quantitative estimate of drug-likeness (QED) is 0.676. The molecule has 0 aliphatic carbocycles. The van der Waals surface area contributed by atoms with Gasteiger partial charge in [0.15, 0.2) is 5.12 Å². The Bertz CT molecular complexity index is 310. The second-order valence-corrected chi connectivity index (χ2v) is 4.24. The zero-order valence-electron chi connectivity index (χ0n) is 8.07. The molecule has 0 aliphatic rings. The SMILES string of the molecule is CC(=O)Sc1cccc(N(C)C)c1. The Morgan fingerprint density at radius 1 is 1.38 bits per heavy atom. The fourth-order valence-electron chi connectivity index (χ4n) is 0.991. The molecule has 0 aromatic heterocycles. The van der Waals surface area contributed by atoms with E-state index in [0.29, 0.717) is 0 Å². The molecule has 1 aromatic carbocycles. The Labute approximate surface area is 82.9 Å². The lowest BCUT2D eigenvalue weighted by Crippen LogP contribution is -2.08. The van der Waals surface area contributed by atoms with E-state index in [1.165, 1.54) is 11.8 Å². The van der Waals surface area contributed by atoms with Crippen molar-refractivity contribution in [3.8, 4) is 0 Å². The Morgan fingerprint density at radius 2 is 2.08 bits per heavy atom. The van der Waals surface area contributed by atoms with Gasteiger partial charge in [0.2, 0.25) is 0 Å². The van der Waals surface area contributed by atoms with Gasteiger partial charge in [-0.25, -0.2) is 0 Å². The smallest absolute Gasteiger partial charge is 0.190 e. The fourth-order valence-corrected chi connectivity index (χ4v) is 1.65. The highest BCUT2D eigenvalue weighted by atomic mass is 32.2. The number of anilines is 1. The molecule has 0 saturated carbocycles. The number of hydrogen-bond acceptors (Lipinski definition) is 3. The first kappa shape index (κ1) is 10.1. The standard InChI is InChI=1S/C10H13NOS/c1-8(12)13-10-6-4-5-9(7-10)11(2)3/h4-7H,1-3H3. The van der Waals surface area contributed by atoms with E-state index in [2.05, 4.69) is 0 Å². The van der Waals surface area contributed by atoms with Crippen molar-refractivity contribution in [2.75, 3.05) is 19.0 Å². The van der Waals surface area contributed by atoms with E-state index in [1.54, 1.807) is 6.92 Å². The highest BCUT2D eigenvalue weighted by molar-refractivity contribution is 8.13. The van der Waals surface area contributed by atoms with Crippen molar-refractivity contribution in [1.82, 2.24) is 0 Å². The summed E-state index contributed by atoms with van der Waals surface area (Å²) in [6.45, 7) is 1.58. The van der Waals surface area contributed by atoms with Crippen LogP contribution in [0.1, 0.15) is 6.92 Å². The van der Waals surface area contributed by atoms with E-state index in [9.17, 15) is 4.79 Å². The minimum Gasteiger partial charge on any atom is -0.378 e. The maximum atomic E-state index is 10.8. The van der Waals surface area contributed by atoms with Crippen molar-refractivity contribution >= 4 is 22.6 Å². The molecular weight excluding hydrogens is 182 g/mol. The fraction of sp³-hybridized carbons (Fsp3) is 0.300. The van der Waals surface area contributed by atoms with Crippen LogP contribution in [0.2, 0.25) is 0 Å². The topological polar surface area (TPSA) is 20.3 Å². The summed E-state index contributed by atoms with van der Waals surface area (Å²) in [5.74, 6) is 0. The number of thioether (sulfide) groups is 1. The van der Waals surface area contributed by atoms with E-state index in [4.69, 9.17) is 0 Å². The molecule has 0 saturated heterocycles. The van der Waals surface area contributed by atoms with Gasteiger partial charge in [-0.1, -0.05) is 17.8 Å². The average molecular weight is 195 g/mol. The summed E-state index contributed by atoms with van der Waals surface area (Å²) in [6.07, 6.45) is 0. The first-order valence-electron chi connectivity index (χ1n) is 4.05. The van der Waals surface area contributed by atoms with Crippen molar-refractivity contribution in [3.05, 3.63) is 24.3 Å². The van der Waals surface area contributed by atoms with E-state index >= 15 is 0 Å². The second kappa shape index (κ2) is 4.33. The molecule has 0 heterocycles. The van der Waals surface area contributed by atoms with Gasteiger partial charge in [-0.2, -0.15) is 0 Å². The number of carbonyl (C=O) groups excluding carboxylic acids is 1. The highest BCUT2D eigenvalue weighted by Gasteiger charge is 2.00. The van der Waals surface area contributed by atoms with Crippen LogP contribution in [0.25, 0.3) is 0 Å². The predicted molar refractivity (Wildman–Crippen MR) is 57.3 cm³/mol. The van der Waals surface area contributed by atoms with Gasteiger partial charge in [0.25, 0.3) is 0 Å². The Kier molecular flexibility index (Phi) is 3.37. The number of rotatable bonds is 2. The second-order valence-electron chi connectivity index (χ2n) is 2.99. The third kappa shape index (κ3) is 3.11. The highest BCUT2D eigenvalue weighted by Crippen LogP contribution is 2.22. The molecular formula is C10H13NOS. The van der Waals surface area contributed by atoms with Crippen molar-refractivity contribution in [1.29, 1.82) is 0 Å². The summed E-state index contributed by atoms with van der Waals surface area (Å²) in [4.78, 5) is 13.9. The summed E-state index contributed by atoms with van der Waals surface area (Å²) >= 11 is 1.26. The van der Waals surface area contributed by atoms with Gasteiger partial charge in [0.05, 0.1) is 0 Å². The molecule has 3 heteroatoms. The van der Waals surface area contributed by atoms with Crippen LogP contribution in [0.5, 0.6) is 0 Å². The predicted octanol–water partition coefficient (Wildman–Crippen LogP) is 2.39. The summed E-state index contributed by atoms with van der Waals surface area (Å²) in [7, 11) is 3.97. The number of benzene rings is 1. The van der Waals surface area contributed by atoms with Crippen molar-refractivity contribution < 1.29 is 4.79 Å². The summed E-state index contributed by atoms with van der Waals surface area (Å²) < 4.78 is 0. The molecule has 0 spiro atoms. The average Bonchev–Trinajstić information content (AvgIpc) is 2.03. The third-order valence-electron chi connectivity index (χ3n) is 1.60. The first-order chi connectivity index (χ1) is 6.09. The summed E-state index contributed by atoms with van der Waals surface area (Å²) in [5.41, 5.74) is 1.12. The van der Waals surface area contributed by atoms with Crippen LogP contribution in [-0.2, 0) is 4.79 Å². The van der Waals surface area contributed by atoms with Gasteiger partial charge in [-0.3, -0.25) is 4.79 Å². The largest absolute Gasteiger partial charge is 0.378 e. The molecule has 1 aromatic rings. The van der Waals surface area contributed by atoms with Crippen molar-refractivity contribution in [2.45, 2.75) is 11.8 Å². The number of hydrogen-bond donors (Lipinski definition) is 0. The Hall–Kier alpha value is -0.960. The van der Waals surface area contributed by atoms with Crippen LogP contribution in [0.4, 0.5) is 5.69 Å². The first-order valence-corrected chi connectivity index (χ1v) is 4.87. The Morgan fingerprint density at radius 3 is 2.62 bits per heavy atom. The third-order valence-corrected chi connectivity index (χ3v) is 2.37. The molecule has 13 heavy (non-hydrogen) atoms. The van der Waals surface area contributed by atoms with Crippen LogP contribution in [0.3, 0.4) is 0 Å². The monoisotopic (exact) mass is 195 g/mol. The number of nitrogens with zero attached hydrogens (tertiary/aromatic N) is 1. The minimum atomic E-state index is 0.121. The van der Waals surface area contributed by atoms with Gasteiger partial charge in [0, 0.05) is 31.6 Å². The van der Waals surface area contributed by atoms with E-state index in [1.807, 2.05) is 43.3 Å². The van der Waals surface area contributed by atoms with Gasteiger partial charge in [0.1, 0.15) is 0 Å². The van der Waals surface area contributed by atoms with E-state index in [-0.39, 0.29) is 5.12 Å². The molecule has 0 atom stereocenters. The molecule has 0 aliphatic heterocycles. The molecule has 1 rings (SSSR count). The lowest BCUT2D eigenvalue weighted by atomic mass is 10.3. The minimum absolute atomic E-state index is 0.121. The summed E-state index contributed by atoms with van der Waals surface area (Å²) in [6, 6.07) is 7.93. The maximum Gasteiger partial charge on any atom is 0.190 e. The Balaban J connectivity index is 2.85. The van der Waals surface area contributed by atoms with Crippen LogP contribution in [0, 0.1) is 0 Å². The lowest BCUT2D eigenvalue weighted by Gasteiger charge is -2.12. The molecule has 0 bridgehead atoms. The van der Waals surface area contributed by atoms with Crippen LogP contribution in [-0.4, -0.2) is 19.2 Å². The van der Waals surface area contributed by atoms with Gasteiger partial charge < -0.3 is 4.90 Å². The normalized spacial score (nSPS) is 9.77. The van der Waals surface area contributed by atoms with Crippen LogP contribution < -0.4 is 4.90 Å². The van der Waals surface area contributed by atoms with E-state index in [0.717, 1.165) is 10.6 Å². The summed E-state index contributed by atoms with van der Waals surface area (Å²) in [5, 5.41) is 0.121. The van der Waals surface area contributed by atoms with Gasteiger partial charge in [-0.05, 0) is 18.2 Å². The van der Waals surface area contributed by atoms with Crippen LogP contribution >= 0.6 is 11.8 Å². The molecule has 0 radical (unpaired) electrons. The lowest BCUT2D eigenvalue weighted by molar-refractivity contribution is -0.109. The van der Waals surface area contributed by atoms with Crippen LogP contribution in [0.15, 0.2) is 29.2 Å². The zero-order chi connectivity index (χ0) is 9.84.